The number of piperidine rings is 1. The van der Waals surface area contributed by atoms with Crippen LogP contribution in [0.5, 0.6) is 0 Å². The molecule has 10 heteroatoms. The van der Waals surface area contributed by atoms with E-state index in [1.54, 1.807) is 17.2 Å². The third-order valence-corrected chi connectivity index (χ3v) is 8.02. The first-order chi connectivity index (χ1) is 19.3. The van der Waals surface area contributed by atoms with Crippen LogP contribution in [0.2, 0.25) is 0 Å². The van der Waals surface area contributed by atoms with Crippen molar-refractivity contribution in [3.63, 3.8) is 0 Å². The molecule has 0 aliphatic carbocycles. The van der Waals surface area contributed by atoms with Crippen LogP contribution in [-0.2, 0) is 6.54 Å². The highest BCUT2D eigenvalue weighted by Gasteiger charge is 2.38. The Morgan fingerprint density at radius 2 is 1.85 bits per heavy atom. The number of nitrogens with one attached hydrogen (secondary N) is 2. The van der Waals surface area contributed by atoms with E-state index in [1.807, 2.05) is 31.2 Å². The lowest BCUT2D eigenvalue weighted by Crippen LogP contribution is -2.30. The molecule has 0 saturated carbocycles. The molecule has 40 heavy (non-hydrogen) atoms. The Bertz CT molecular complexity index is 1720. The maximum Gasteiger partial charge on any atom is 0.261 e. The summed E-state index contributed by atoms with van der Waals surface area (Å²) in [5, 5.41) is 8.19. The predicted octanol–water partition coefficient (Wildman–Crippen LogP) is 6.45. The van der Waals surface area contributed by atoms with Crippen LogP contribution in [0.3, 0.4) is 0 Å². The number of likely N-dealkylation sites (tertiary alicyclic amines) is 1. The van der Waals surface area contributed by atoms with Gasteiger partial charge in [-0.1, -0.05) is 17.7 Å². The molecule has 5 heterocycles. The van der Waals surface area contributed by atoms with Crippen LogP contribution in [-0.4, -0.2) is 62.2 Å². The first kappa shape index (κ1) is 25.1. The van der Waals surface area contributed by atoms with Crippen LogP contribution in [0.25, 0.3) is 44.6 Å². The fraction of sp³-hybridized carbons (Fsp3) is 0.367. The van der Waals surface area contributed by atoms with E-state index in [2.05, 4.69) is 25.1 Å². The molecule has 0 radical (unpaired) electrons. The maximum absolute atomic E-state index is 15.4. The molecule has 0 bridgehead atoms. The largest absolute Gasteiger partial charge is 0.355 e. The van der Waals surface area contributed by atoms with Crippen LogP contribution in [0, 0.1) is 12.7 Å². The van der Waals surface area contributed by atoms with E-state index >= 15 is 4.39 Å². The second-order valence-electron chi connectivity index (χ2n) is 11.1. The third-order valence-electron chi connectivity index (χ3n) is 8.02. The summed E-state index contributed by atoms with van der Waals surface area (Å²) >= 11 is 0. The topological polar surface area (TPSA) is 76.7 Å². The fourth-order valence-electron chi connectivity index (χ4n) is 6.12. The van der Waals surface area contributed by atoms with Crippen LogP contribution in [0.4, 0.5) is 19.0 Å². The Labute approximate surface area is 229 Å². The van der Waals surface area contributed by atoms with Gasteiger partial charge in [0.15, 0.2) is 11.6 Å². The van der Waals surface area contributed by atoms with Crippen LogP contribution >= 0.6 is 0 Å². The molecule has 2 fully saturated rings. The van der Waals surface area contributed by atoms with Gasteiger partial charge in [-0.15, -0.1) is 0 Å². The van der Waals surface area contributed by atoms with Crippen molar-refractivity contribution in [1.82, 2.24) is 30.0 Å². The summed E-state index contributed by atoms with van der Waals surface area (Å²) < 4.78 is 42.9. The monoisotopic (exact) mass is 545 g/mol. The fourth-order valence-corrected chi connectivity index (χ4v) is 6.12. The van der Waals surface area contributed by atoms with Gasteiger partial charge >= 0.3 is 0 Å². The number of alkyl halides is 2. The summed E-state index contributed by atoms with van der Waals surface area (Å²) in [7, 11) is 0. The molecule has 2 saturated heterocycles. The zero-order chi connectivity index (χ0) is 27.4. The molecule has 2 N–H and O–H groups in total. The van der Waals surface area contributed by atoms with Crippen molar-refractivity contribution in [2.75, 3.05) is 31.1 Å². The number of aromatic amines is 2. The number of fused-ring (bicyclic) bond motifs is 2. The summed E-state index contributed by atoms with van der Waals surface area (Å²) in [6.07, 6.45) is 5.17. The number of imidazole rings is 1. The second kappa shape index (κ2) is 9.62. The van der Waals surface area contributed by atoms with Gasteiger partial charge in [-0.2, -0.15) is 5.10 Å². The van der Waals surface area contributed by atoms with E-state index in [0.29, 0.717) is 41.3 Å². The molecule has 3 aromatic heterocycles. The van der Waals surface area contributed by atoms with Crippen LogP contribution in [0.15, 0.2) is 42.6 Å². The van der Waals surface area contributed by atoms with E-state index in [0.717, 1.165) is 59.3 Å². The number of aromatic nitrogens is 5. The summed E-state index contributed by atoms with van der Waals surface area (Å²) in [6.45, 7) is 4.36. The number of pyridine rings is 1. The Morgan fingerprint density at radius 3 is 2.65 bits per heavy atom. The van der Waals surface area contributed by atoms with Crippen molar-refractivity contribution < 1.29 is 13.2 Å². The van der Waals surface area contributed by atoms with Gasteiger partial charge in [-0.3, -0.25) is 10.00 Å². The van der Waals surface area contributed by atoms with Gasteiger partial charge in [0.2, 0.25) is 0 Å². The third kappa shape index (κ3) is 4.60. The smallest absolute Gasteiger partial charge is 0.261 e. The molecule has 2 aromatic carbocycles. The number of halogens is 3. The normalized spacial score (nSPS) is 17.9. The standard InChI is InChI=1S/C30H30F3N7/c1-18-11-19(16-39-10-6-30(32,33)17-39)13-20(12-18)21-14-22-25(15-23(21)31)37-38-26(22)28-35-24-5-7-34-29(27(24)36-28)40-8-3-2-4-9-40/h5,7,11-15H,2-4,6,8-10,16-17H2,1H3,(H,35,36)(H,37,38). The van der Waals surface area contributed by atoms with Crippen molar-refractivity contribution >= 4 is 27.8 Å². The second-order valence-corrected chi connectivity index (χ2v) is 11.1. The minimum absolute atomic E-state index is 0.127. The Morgan fingerprint density at radius 1 is 1.00 bits per heavy atom. The first-order valence-corrected chi connectivity index (χ1v) is 13.8. The average molecular weight is 546 g/mol. The van der Waals surface area contributed by atoms with Gasteiger partial charge in [0, 0.05) is 55.8 Å². The summed E-state index contributed by atoms with van der Waals surface area (Å²) in [6, 6.07) is 10.9. The summed E-state index contributed by atoms with van der Waals surface area (Å²) in [5.74, 6) is -1.57. The lowest BCUT2D eigenvalue weighted by atomic mass is 9.98. The number of H-pyrrole nitrogens is 2. The van der Waals surface area contributed by atoms with Gasteiger partial charge in [0.1, 0.15) is 17.0 Å². The Balaban J connectivity index is 1.26. The van der Waals surface area contributed by atoms with Crippen LogP contribution in [0.1, 0.15) is 36.8 Å². The molecule has 0 unspecified atom stereocenters. The lowest BCUT2D eigenvalue weighted by Gasteiger charge is -2.27. The van der Waals surface area contributed by atoms with Crippen molar-refractivity contribution in [2.45, 2.75) is 45.1 Å². The minimum atomic E-state index is -2.65. The highest BCUT2D eigenvalue weighted by Crippen LogP contribution is 2.35. The number of anilines is 1. The van der Waals surface area contributed by atoms with Crippen molar-refractivity contribution in [2.24, 2.45) is 0 Å². The molecule has 0 amide bonds. The van der Waals surface area contributed by atoms with Crippen molar-refractivity contribution in [3.05, 3.63) is 59.5 Å². The molecule has 7 nitrogen and oxygen atoms in total. The van der Waals surface area contributed by atoms with Gasteiger partial charge in [-0.05, 0) is 55.5 Å². The maximum atomic E-state index is 15.4. The Kier molecular flexibility index (Phi) is 6.03. The van der Waals surface area contributed by atoms with E-state index in [1.165, 1.54) is 12.5 Å². The number of rotatable bonds is 5. The van der Waals surface area contributed by atoms with Crippen LogP contribution < -0.4 is 4.90 Å². The highest BCUT2D eigenvalue weighted by atomic mass is 19.3. The number of nitrogens with zero attached hydrogens (tertiary/aromatic N) is 5. The number of benzene rings is 2. The van der Waals surface area contributed by atoms with E-state index in [9.17, 15) is 8.78 Å². The molecule has 0 spiro atoms. The number of hydrogen-bond acceptors (Lipinski definition) is 5. The summed E-state index contributed by atoms with van der Waals surface area (Å²) in [4.78, 5) is 17.0. The van der Waals surface area contributed by atoms with Gasteiger partial charge in [0.25, 0.3) is 5.92 Å². The molecular formula is C30H30F3N7. The molecule has 0 atom stereocenters. The van der Waals surface area contributed by atoms with Crippen molar-refractivity contribution in [3.8, 4) is 22.6 Å². The SMILES string of the molecule is Cc1cc(CN2CCC(F)(F)C2)cc(-c2cc3c(-c4nc5c(N6CCCCC6)nccc5[nH]4)n[nH]c3cc2F)c1. The molecule has 5 aromatic rings. The van der Waals surface area contributed by atoms with E-state index in [-0.39, 0.29) is 18.8 Å². The highest BCUT2D eigenvalue weighted by molar-refractivity contribution is 5.97. The Hall–Kier alpha value is -3.92. The average Bonchev–Trinajstić information content (AvgIpc) is 3.63. The minimum Gasteiger partial charge on any atom is -0.355 e. The molecule has 2 aliphatic rings. The molecule has 206 valence electrons. The van der Waals surface area contributed by atoms with Gasteiger partial charge in [-0.25, -0.2) is 23.1 Å². The molecular weight excluding hydrogens is 515 g/mol. The van der Waals surface area contributed by atoms with Gasteiger partial charge < -0.3 is 9.88 Å². The van der Waals surface area contributed by atoms with E-state index < -0.39 is 5.92 Å². The lowest BCUT2D eigenvalue weighted by molar-refractivity contribution is 0.0115. The number of aryl methyl sites for hydroxylation is 1. The number of hydrogen-bond donors (Lipinski definition) is 2. The zero-order valence-electron chi connectivity index (χ0n) is 22.3. The van der Waals surface area contributed by atoms with Gasteiger partial charge in [0.05, 0.1) is 17.6 Å². The zero-order valence-corrected chi connectivity index (χ0v) is 22.3. The van der Waals surface area contributed by atoms with Crippen molar-refractivity contribution in [1.29, 1.82) is 0 Å². The quantitative estimate of drug-likeness (QED) is 0.266. The molecule has 7 rings (SSSR count). The predicted molar refractivity (Wildman–Crippen MR) is 150 cm³/mol. The van der Waals surface area contributed by atoms with E-state index in [4.69, 9.17) is 4.98 Å². The summed E-state index contributed by atoms with van der Waals surface area (Å²) in [5.41, 5.74) is 5.80. The molecule has 2 aliphatic heterocycles. The first-order valence-electron chi connectivity index (χ1n) is 13.8.